The molecule has 0 saturated carbocycles. The molecule has 1 aliphatic rings. The fourth-order valence-corrected chi connectivity index (χ4v) is 4.00. The number of fused-ring (bicyclic) bond motifs is 1. The van der Waals surface area contributed by atoms with Crippen LogP contribution in [0.3, 0.4) is 0 Å². The first-order valence-electron chi connectivity index (χ1n) is 10.1. The molecule has 0 saturated heterocycles. The molecule has 0 N–H and O–H groups in total. The van der Waals surface area contributed by atoms with Gasteiger partial charge in [0.15, 0.2) is 0 Å². The molecular formula is C25H22INO4. The zero-order valence-electron chi connectivity index (χ0n) is 17.1. The van der Waals surface area contributed by atoms with E-state index in [2.05, 4.69) is 22.6 Å². The molecule has 3 aromatic carbocycles. The van der Waals surface area contributed by atoms with E-state index in [1.54, 1.807) is 11.8 Å². The van der Waals surface area contributed by atoms with Crippen LogP contribution < -0.4 is 9.64 Å². The SMILES string of the molecule is CCOC(=O)Cc1cccc(COc2cccc3c2CN(c2ccc(I)cc2)C3=O)c1. The van der Waals surface area contributed by atoms with E-state index in [1.165, 1.54) is 0 Å². The number of esters is 1. The van der Waals surface area contributed by atoms with Gasteiger partial charge >= 0.3 is 5.97 Å². The number of anilines is 1. The number of benzene rings is 3. The molecule has 0 unspecified atom stereocenters. The molecule has 158 valence electrons. The predicted octanol–water partition coefficient (Wildman–Crippen LogP) is 5.14. The molecule has 5 nitrogen and oxygen atoms in total. The maximum Gasteiger partial charge on any atom is 0.310 e. The van der Waals surface area contributed by atoms with E-state index in [0.717, 1.165) is 25.9 Å². The van der Waals surface area contributed by atoms with E-state index in [-0.39, 0.29) is 18.3 Å². The van der Waals surface area contributed by atoms with Crippen molar-refractivity contribution in [3.63, 3.8) is 0 Å². The number of carbonyl (C=O) groups is 2. The van der Waals surface area contributed by atoms with Crippen LogP contribution in [0, 0.1) is 3.57 Å². The normalized spacial score (nSPS) is 12.6. The summed E-state index contributed by atoms with van der Waals surface area (Å²) in [5.74, 6) is 0.448. The van der Waals surface area contributed by atoms with Crippen LogP contribution in [0.4, 0.5) is 5.69 Å². The number of halogens is 1. The van der Waals surface area contributed by atoms with E-state index in [4.69, 9.17) is 9.47 Å². The lowest BCUT2D eigenvalue weighted by molar-refractivity contribution is -0.142. The quantitative estimate of drug-likeness (QED) is 0.316. The van der Waals surface area contributed by atoms with Crippen LogP contribution >= 0.6 is 22.6 Å². The molecule has 0 spiro atoms. The lowest BCUT2D eigenvalue weighted by Gasteiger charge is -2.16. The minimum absolute atomic E-state index is 0.0157. The summed E-state index contributed by atoms with van der Waals surface area (Å²) in [4.78, 5) is 26.4. The van der Waals surface area contributed by atoms with Gasteiger partial charge in [-0.2, -0.15) is 0 Å². The van der Waals surface area contributed by atoms with Crippen LogP contribution in [0.25, 0.3) is 0 Å². The Morgan fingerprint density at radius 1 is 1.03 bits per heavy atom. The number of nitrogens with zero attached hydrogens (tertiary/aromatic N) is 1. The van der Waals surface area contributed by atoms with Crippen LogP contribution in [0.5, 0.6) is 5.75 Å². The lowest BCUT2D eigenvalue weighted by atomic mass is 10.1. The molecular weight excluding hydrogens is 505 g/mol. The maximum atomic E-state index is 12.9. The molecule has 0 fully saturated rings. The van der Waals surface area contributed by atoms with E-state index in [9.17, 15) is 9.59 Å². The number of rotatable bonds is 7. The minimum atomic E-state index is -0.240. The summed E-state index contributed by atoms with van der Waals surface area (Å²) < 4.78 is 12.2. The highest BCUT2D eigenvalue weighted by Crippen LogP contribution is 2.34. The summed E-state index contributed by atoms with van der Waals surface area (Å²) >= 11 is 2.25. The molecule has 3 aromatic rings. The molecule has 1 aliphatic heterocycles. The standard InChI is InChI=1S/C25H22INO4/c1-2-30-24(28)14-17-5-3-6-18(13-17)16-31-23-8-4-7-21-22(23)15-27(25(21)29)20-11-9-19(26)10-12-20/h3-13H,2,14-16H2,1H3. The largest absolute Gasteiger partial charge is 0.489 e. The second-order valence-corrected chi connectivity index (χ2v) is 8.49. The third kappa shape index (κ3) is 4.90. The van der Waals surface area contributed by atoms with Crippen LogP contribution in [0.15, 0.2) is 66.7 Å². The van der Waals surface area contributed by atoms with Gasteiger partial charge < -0.3 is 14.4 Å². The molecule has 0 aromatic heterocycles. The Bertz CT molecular complexity index is 1110. The van der Waals surface area contributed by atoms with Gasteiger partial charge in [0, 0.05) is 20.4 Å². The van der Waals surface area contributed by atoms with Gasteiger partial charge in [-0.3, -0.25) is 9.59 Å². The van der Waals surface area contributed by atoms with E-state index < -0.39 is 0 Å². The Kier molecular flexibility index (Phi) is 6.56. The average Bonchev–Trinajstić information content (AvgIpc) is 3.10. The summed E-state index contributed by atoms with van der Waals surface area (Å²) in [6.45, 7) is 3.00. The Morgan fingerprint density at radius 2 is 1.77 bits per heavy atom. The summed E-state index contributed by atoms with van der Waals surface area (Å²) in [7, 11) is 0. The highest BCUT2D eigenvalue weighted by Gasteiger charge is 2.30. The van der Waals surface area contributed by atoms with Gasteiger partial charge in [-0.15, -0.1) is 0 Å². The van der Waals surface area contributed by atoms with Gasteiger partial charge in [0.05, 0.1) is 19.6 Å². The van der Waals surface area contributed by atoms with Gasteiger partial charge in [0.25, 0.3) is 5.91 Å². The van der Waals surface area contributed by atoms with Crippen molar-refractivity contribution in [1.82, 2.24) is 0 Å². The predicted molar refractivity (Wildman–Crippen MR) is 127 cm³/mol. The number of hydrogen-bond acceptors (Lipinski definition) is 4. The van der Waals surface area contributed by atoms with Gasteiger partial charge in [-0.25, -0.2) is 0 Å². The highest BCUT2D eigenvalue weighted by molar-refractivity contribution is 14.1. The Morgan fingerprint density at radius 3 is 2.55 bits per heavy atom. The second kappa shape index (κ2) is 9.51. The molecule has 0 atom stereocenters. The highest BCUT2D eigenvalue weighted by atomic mass is 127. The maximum absolute atomic E-state index is 12.9. The fraction of sp³-hybridized carbons (Fsp3) is 0.200. The Balaban J connectivity index is 1.48. The van der Waals surface area contributed by atoms with Crippen LogP contribution in [0.2, 0.25) is 0 Å². The smallest absolute Gasteiger partial charge is 0.310 e. The third-order valence-electron chi connectivity index (χ3n) is 5.10. The molecule has 0 bridgehead atoms. The van der Waals surface area contributed by atoms with Gasteiger partial charge in [-0.1, -0.05) is 30.3 Å². The van der Waals surface area contributed by atoms with Crippen molar-refractivity contribution in [2.75, 3.05) is 11.5 Å². The molecule has 6 heteroatoms. The van der Waals surface area contributed by atoms with Crippen molar-refractivity contribution in [3.05, 3.63) is 92.6 Å². The first-order valence-corrected chi connectivity index (χ1v) is 11.2. The summed E-state index contributed by atoms with van der Waals surface area (Å²) in [5.41, 5.74) is 4.29. The van der Waals surface area contributed by atoms with Crippen molar-refractivity contribution in [2.45, 2.75) is 26.5 Å². The van der Waals surface area contributed by atoms with Crippen LogP contribution in [-0.4, -0.2) is 18.5 Å². The number of amides is 1. The molecule has 31 heavy (non-hydrogen) atoms. The molecule has 1 amide bonds. The van der Waals surface area contributed by atoms with Crippen molar-refractivity contribution < 1.29 is 19.1 Å². The van der Waals surface area contributed by atoms with E-state index in [0.29, 0.717) is 31.1 Å². The first-order chi connectivity index (χ1) is 15.0. The average molecular weight is 527 g/mol. The number of carbonyl (C=O) groups excluding carboxylic acids is 2. The number of ether oxygens (including phenoxy) is 2. The lowest BCUT2D eigenvalue weighted by Crippen LogP contribution is -2.22. The van der Waals surface area contributed by atoms with Gasteiger partial charge in [0.1, 0.15) is 12.4 Å². The Labute approximate surface area is 195 Å². The fourth-order valence-electron chi connectivity index (χ4n) is 3.64. The topological polar surface area (TPSA) is 55.8 Å². The van der Waals surface area contributed by atoms with Gasteiger partial charge in [-0.05, 0) is 77.0 Å². The van der Waals surface area contributed by atoms with Crippen molar-refractivity contribution in [1.29, 1.82) is 0 Å². The first kappa shape index (κ1) is 21.4. The van der Waals surface area contributed by atoms with E-state index in [1.807, 2.05) is 66.7 Å². The molecule has 1 heterocycles. The summed E-state index contributed by atoms with van der Waals surface area (Å²) in [5, 5.41) is 0. The van der Waals surface area contributed by atoms with E-state index >= 15 is 0 Å². The monoisotopic (exact) mass is 527 g/mol. The summed E-state index contributed by atoms with van der Waals surface area (Å²) in [6, 6.07) is 21.2. The van der Waals surface area contributed by atoms with Crippen molar-refractivity contribution in [3.8, 4) is 5.75 Å². The molecule has 0 aliphatic carbocycles. The van der Waals surface area contributed by atoms with Crippen molar-refractivity contribution in [2.24, 2.45) is 0 Å². The molecule has 0 radical (unpaired) electrons. The molecule has 4 rings (SSSR count). The van der Waals surface area contributed by atoms with Crippen molar-refractivity contribution >= 4 is 40.2 Å². The Hall–Kier alpha value is -2.87. The minimum Gasteiger partial charge on any atom is -0.489 e. The zero-order valence-corrected chi connectivity index (χ0v) is 19.3. The number of hydrogen-bond donors (Lipinski definition) is 0. The third-order valence-corrected chi connectivity index (χ3v) is 5.82. The second-order valence-electron chi connectivity index (χ2n) is 7.24. The van der Waals surface area contributed by atoms with Crippen LogP contribution in [-0.2, 0) is 29.1 Å². The van der Waals surface area contributed by atoms with Crippen LogP contribution in [0.1, 0.15) is 34.0 Å². The zero-order chi connectivity index (χ0) is 21.8. The summed E-state index contributed by atoms with van der Waals surface area (Å²) in [6.07, 6.45) is 0.238. The van der Waals surface area contributed by atoms with Gasteiger partial charge in [0.2, 0.25) is 0 Å².